The Bertz CT molecular complexity index is 573. The number of hydrogen-bond donors (Lipinski definition) is 1. The molecule has 0 saturated heterocycles. The number of nitrogens with one attached hydrogen (secondary N) is 1. The van der Waals surface area contributed by atoms with Gasteiger partial charge in [-0.3, -0.25) is 4.98 Å². The lowest BCUT2D eigenvalue weighted by Crippen LogP contribution is -2.40. The number of pyridine rings is 1. The van der Waals surface area contributed by atoms with Crippen molar-refractivity contribution in [2.24, 2.45) is 11.3 Å². The van der Waals surface area contributed by atoms with Gasteiger partial charge in [0.05, 0.1) is 16.1 Å². The Kier molecular flexibility index (Phi) is 7.60. The third-order valence-electron chi connectivity index (χ3n) is 6.01. The van der Waals surface area contributed by atoms with Gasteiger partial charge in [-0.15, -0.1) is 0 Å². The van der Waals surface area contributed by atoms with Crippen LogP contribution in [0.4, 0.5) is 0 Å². The molecule has 3 nitrogen and oxygen atoms in total. The molecule has 1 fully saturated rings. The van der Waals surface area contributed by atoms with Crippen LogP contribution in [0.25, 0.3) is 0 Å². The van der Waals surface area contributed by atoms with Gasteiger partial charge in [0.2, 0.25) is 0 Å². The van der Waals surface area contributed by atoms with Crippen LogP contribution in [0.5, 0.6) is 0 Å². The van der Waals surface area contributed by atoms with Crippen molar-refractivity contribution in [2.45, 2.75) is 78.2 Å². The van der Waals surface area contributed by atoms with E-state index >= 15 is 0 Å². The topological polar surface area (TPSA) is 34.1 Å². The van der Waals surface area contributed by atoms with Crippen LogP contribution >= 0.6 is 23.2 Å². The molecule has 148 valence electrons. The molecule has 0 aliphatic heterocycles. The van der Waals surface area contributed by atoms with Crippen LogP contribution in [0.2, 0.25) is 28.2 Å². The van der Waals surface area contributed by atoms with Crippen LogP contribution in [0, 0.1) is 11.3 Å². The minimum atomic E-state index is -1.79. The third kappa shape index (κ3) is 5.23. The minimum absolute atomic E-state index is 0.120. The van der Waals surface area contributed by atoms with Crippen LogP contribution < -0.4 is 5.32 Å². The Morgan fingerprint density at radius 3 is 2.12 bits per heavy atom. The number of hydrogen-bond acceptors (Lipinski definition) is 3. The van der Waals surface area contributed by atoms with E-state index in [1.165, 1.54) is 6.42 Å². The molecule has 1 aliphatic carbocycles. The molecule has 0 radical (unpaired) electrons. The predicted molar refractivity (Wildman–Crippen MR) is 115 cm³/mol. The lowest BCUT2D eigenvalue weighted by atomic mass is 9.90. The quantitative estimate of drug-likeness (QED) is 0.467. The number of rotatable bonds is 9. The van der Waals surface area contributed by atoms with Gasteiger partial charge in [-0.1, -0.05) is 64.7 Å². The maximum Gasteiger partial charge on any atom is 0.192 e. The van der Waals surface area contributed by atoms with Crippen LogP contribution in [-0.4, -0.2) is 25.9 Å². The minimum Gasteiger partial charge on any atom is -0.409 e. The van der Waals surface area contributed by atoms with Crippen molar-refractivity contribution in [1.29, 1.82) is 0 Å². The first-order valence-electron chi connectivity index (χ1n) is 9.87. The highest BCUT2D eigenvalue weighted by atomic mass is 35.5. The highest BCUT2D eigenvalue weighted by Crippen LogP contribution is 2.45. The summed E-state index contributed by atoms with van der Waals surface area (Å²) < 4.78 is 6.81. The van der Waals surface area contributed by atoms with Crippen molar-refractivity contribution < 1.29 is 4.43 Å². The molecule has 0 aromatic carbocycles. The van der Waals surface area contributed by atoms with E-state index in [4.69, 9.17) is 27.6 Å². The molecule has 0 bridgehead atoms. The first-order valence-corrected chi connectivity index (χ1v) is 13.2. The lowest BCUT2D eigenvalue weighted by molar-refractivity contribution is 0.183. The highest BCUT2D eigenvalue weighted by molar-refractivity contribution is 6.73. The number of aromatic nitrogens is 1. The van der Waals surface area contributed by atoms with E-state index in [-0.39, 0.29) is 6.10 Å². The van der Waals surface area contributed by atoms with Gasteiger partial charge in [-0.05, 0) is 35.9 Å². The summed E-state index contributed by atoms with van der Waals surface area (Å²) in [5.41, 5.74) is 1.23. The van der Waals surface area contributed by atoms with Crippen LogP contribution in [0.1, 0.15) is 59.6 Å². The molecule has 1 heterocycles. The molecular formula is C20H34Cl2N2OSi. The normalized spacial score (nSPS) is 21.7. The average Bonchev–Trinajstić information content (AvgIpc) is 3.37. The fourth-order valence-electron chi connectivity index (χ4n) is 3.87. The van der Waals surface area contributed by atoms with Crippen molar-refractivity contribution in [3.63, 3.8) is 0 Å². The van der Waals surface area contributed by atoms with Crippen LogP contribution in [0.3, 0.4) is 0 Å². The molecule has 6 heteroatoms. The second-order valence-electron chi connectivity index (χ2n) is 8.59. The van der Waals surface area contributed by atoms with Gasteiger partial charge in [-0.25, -0.2) is 0 Å². The highest BCUT2D eigenvalue weighted by Gasteiger charge is 2.45. The van der Waals surface area contributed by atoms with Gasteiger partial charge < -0.3 is 9.74 Å². The van der Waals surface area contributed by atoms with E-state index in [9.17, 15) is 0 Å². The smallest absolute Gasteiger partial charge is 0.192 e. The van der Waals surface area contributed by atoms with E-state index in [1.54, 1.807) is 12.4 Å². The van der Waals surface area contributed by atoms with E-state index in [2.05, 4.69) is 51.8 Å². The molecule has 1 N–H and O–H groups in total. The lowest BCUT2D eigenvalue weighted by Gasteiger charge is -2.34. The summed E-state index contributed by atoms with van der Waals surface area (Å²) in [4.78, 5) is 4.11. The van der Waals surface area contributed by atoms with Gasteiger partial charge in [-0.2, -0.15) is 0 Å². The molecular weight excluding hydrogens is 383 g/mol. The molecule has 3 atom stereocenters. The second kappa shape index (κ2) is 8.91. The molecule has 0 amide bonds. The summed E-state index contributed by atoms with van der Waals surface area (Å²) in [5, 5.41) is 4.91. The second-order valence-corrected chi connectivity index (χ2v) is 14.1. The molecule has 1 aliphatic rings. The van der Waals surface area contributed by atoms with Gasteiger partial charge in [0, 0.05) is 30.5 Å². The summed E-state index contributed by atoms with van der Waals surface area (Å²) >= 11 is 13.0. The Morgan fingerprint density at radius 2 is 1.69 bits per heavy atom. The third-order valence-corrected chi connectivity index (χ3v) is 11.3. The zero-order valence-electron chi connectivity index (χ0n) is 17.0. The summed E-state index contributed by atoms with van der Waals surface area (Å²) in [6.45, 7) is 14.4. The van der Waals surface area contributed by atoms with Gasteiger partial charge in [0.25, 0.3) is 0 Å². The number of halogens is 2. The Hall–Kier alpha value is -0.133. The zero-order chi connectivity index (χ0) is 19.5. The van der Waals surface area contributed by atoms with Crippen molar-refractivity contribution in [3.05, 3.63) is 28.0 Å². The fraction of sp³-hybridized carbons (Fsp3) is 0.750. The first-order chi connectivity index (χ1) is 12.2. The van der Waals surface area contributed by atoms with Gasteiger partial charge in [0.15, 0.2) is 8.32 Å². The van der Waals surface area contributed by atoms with Crippen molar-refractivity contribution in [1.82, 2.24) is 10.3 Å². The van der Waals surface area contributed by atoms with Crippen molar-refractivity contribution in [2.75, 3.05) is 6.54 Å². The standard InChI is InChI=1S/C20H34Cl2N2OSi/c1-7-26(8-2,9-3)25-18(19-15(21)11-23-12-16(19)22)13-24-17-10-14(17)20(4,5)6/h11-12,14,17-18,24H,7-10,13H2,1-6H3. The summed E-state index contributed by atoms with van der Waals surface area (Å²) in [5.74, 6) is 0.720. The average molecular weight is 417 g/mol. The predicted octanol–water partition coefficient (Wildman–Crippen LogP) is 6.48. The van der Waals surface area contributed by atoms with Crippen molar-refractivity contribution in [3.8, 4) is 0 Å². The molecule has 2 rings (SSSR count). The van der Waals surface area contributed by atoms with E-state index in [1.807, 2.05) is 0 Å². The van der Waals surface area contributed by atoms with E-state index in [0.717, 1.165) is 36.2 Å². The maximum atomic E-state index is 6.81. The van der Waals surface area contributed by atoms with E-state index in [0.29, 0.717) is 21.5 Å². The Balaban J connectivity index is 2.20. The summed E-state index contributed by atoms with van der Waals surface area (Å²) in [6.07, 6.45) is 4.44. The van der Waals surface area contributed by atoms with E-state index < -0.39 is 8.32 Å². The monoisotopic (exact) mass is 416 g/mol. The number of nitrogens with zero attached hydrogens (tertiary/aromatic N) is 1. The van der Waals surface area contributed by atoms with Crippen LogP contribution in [-0.2, 0) is 4.43 Å². The summed E-state index contributed by atoms with van der Waals surface area (Å²) in [7, 11) is -1.79. The Labute approximate surface area is 170 Å². The molecule has 26 heavy (non-hydrogen) atoms. The molecule has 1 aromatic rings. The van der Waals surface area contributed by atoms with Crippen molar-refractivity contribution >= 4 is 31.5 Å². The van der Waals surface area contributed by atoms with Crippen LogP contribution in [0.15, 0.2) is 12.4 Å². The Morgan fingerprint density at radius 1 is 1.15 bits per heavy atom. The SMILES string of the molecule is CC[Si](CC)(CC)OC(CNC1CC1C(C)(C)C)c1c(Cl)cncc1Cl. The molecule has 0 spiro atoms. The molecule has 1 saturated carbocycles. The largest absolute Gasteiger partial charge is 0.409 e. The fourth-order valence-corrected chi connectivity index (χ4v) is 7.28. The molecule has 3 unspecified atom stereocenters. The van der Waals surface area contributed by atoms with Gasteiger partial charge in [0.1, 0.15) is 0 Å². The maximum absolute atomic E-state index is 6.81. The summed E-state index contributed by atoms with van der Waals surface area (Å²) in [6, 6.07) is 3.86. The zero-order valence-corrected chi connectivity index (χ0v) is 19.5. The first kappa shape index (κ1) is 22.2. The molecule has 1 aromatic heterocycles. The van der Waals surface area contributed by atoms with Gasteiger partial charge >= 0.3 is 0 Å².